The van der Waals surface area contributed by atoms with Crippen molar-refractivity contribution in [1.29, 1.82) is 0 Å². The number of hydrogen-bond acceptors (Lipinski definition) is 6. The van der Waals surface area contributed by atoms with Crippen LogP contribution >= 0.6 is 0 Å². The van der Waals surface area contributed by atoms with Crippen molar-refractivity contribution >= 4 is 12.2 Å². The molecular weight excluding hydrogens is 332 g/mol. The lowest BCUT2D eigenvalue weighted by Crippen LogP contribution is -2.31. The molecule has 7 nitrogen and oxygen atoms in total. The highest BCUT2D eigenvalue weighted by molar-refractivity contribution is 5.38. The van der Waals surface area contributed by atoms with Crippen LogP contribution in [-0.2, 0) is 14.3 Å². The van der Waals surface area contributed by atoms with Crippen molar-refractivity contribution in [3.8, 4) is 0 Å². The summed E-state index contributed by atoms with van der Waals surface area (Å²) in [4.78, 5) is 11.9. The van der Waals surface area contributed by atoms with Crippen LogP contribution in [0.1, 0.15) is 32.4 Å². The number of nitrogens with zero attached hydrogens (tertiary/aromatic N) is 3. The predicted octanol–water partition coefficient (Wildman–Crippen LogP) is 2.05. The van der Waals surface area contributed by atoms with E-state index < -0.39 is 0 Å². The second-order valence-corrected chi connectivity index (χ2v) is 7.51. The maximum Gasteiger partial charge on any atom is 0.293 e. The van der Waals surface area contributed by atoms with Crippen molar-refractivity contribution in [2.45, 2.75) is 38.1 Å². The Labute approximate surface area is 153 Å². The van der Waals surface area contributed by atoms with Crippen LogP contribution in [0.25, 0.3) is 0 Å². The summed E-state index contributed by atoms with van der Waals surface area (Å²) in [5.74, 6) is 0. The SMILES string of the molecule is CC(C)(C)OC=O.Nc1cnn(C(c2ccccc2)[C@@]23CN2CCO3)c1. The van der Waals surface area contributed by atoms with Crippen LogP contribution in [0.2, 0.25) is 0 Å². The minimum Gasteiger partial charge on any atom is -0.462 e. The molecule has 1 aromatic heterocycles. The second kappa shape index (κ2) is 7.09. The van der Waals surface area contributed by atoms with E-state index in [0.717, 1.165) is 19.7 Å². The normalized spacial score (nSPS) is 24.8. The molecule has 0 amide bonds. The van der Waals surface area contributed by atoms with Gasteiger partial charge >= 0.3 is 0 Å². The van der Waals surface area contributed by atoms with Crippen molar-refractivity contribution in [2.24, 2.45) is 0 Å². The van der Waals surface area contributed by atoms with Crippen LogP contribution in [0, 0.1) is 0 Å². The van der Waals surface area contributed by atoms with Crippen molar-refractivity contribution in [2.75, 3.05) is 25.4 Å². The Balaban J connectivity index is 0.000000242. The zero-order chi connectivity index (χ0) is 18.8. The van der Waals surface area contributed by atoms with E-state index in [1.807, 2.05) is 49.8 Å². The van der Waals surface area contributed by atoms with Gasteiger partial charge in [-0.1, -0.05) is 30.3 Å². The van der Waals surface area contributed by atoms with Gasteiger partial charge in [-0.2, -0.15) is 5.10 Å². The van der Waals surface area contributed by atoms with Gasteiger partial charge in [-0.3, -0.25) is 14.4 Å². The van der Waals surface area contributed by atoms with Gasteiger partial charge in [-0.05, 0) is 26.3 Å². The molecule has 2 aliphatic heterocycles. The lowest BCUT2D eigenvalue weighted by molar-refractivity contribution is -0.138. The molecule has 0 bridgehead atoms. The van der Waals surface area contributed by atoms with Gasteiger partial charge in [0.15, 0.2) is 5.72 Å². The monoisotopic (exact) mass is 358 g/mol. The van der Waals surface area contributed by atoms with Crippen LogP contribution in [0.5, 0.6) is 0 Å². The molecule has 7 heteroatoms. The molecule has 140 valence electrons. The zero-order valence-corrected chi connectivity index (χ0v) is 15.5. The molecule has 2 fully saturated rings. The maximum absolute atomic E-state index is 9.60. The van der Waals surface area contributed by atoms with Gasteiger partial charge in [-0.15, -0.1) is 0 Å². The Morgan fingerprint density at radius 1 is 1.35 bits per heavy atom. The quantitative estimate of drug-likeness (QED) is 0.665. The molecule has 0 spiro atoms. The Bertz CT molecular complexity index is 741. The average molecular weight is 358 g/mol. The minimum absolute atomic E-state index is 0.0634. The van der Waals surface area contributed by atoms with Crippen molar-refractivity contribution in [3.05, 3.63) is 48.3 Å². The molecule has 2 N–H and O–H groups in total. The molecule has 2 saturated heterocycles. The molecule has 1 aromatic carbocycles. The summed E-state index contributed by atoms with van der Waals surface area (Å²) in [6.45, 7) is 8.68. The van der Waals surface area contributed by atoms with E-state index in [9.17, 15) is 4.79 Å². The highest BCUT2D eigenvalue weighted by Crippen LogP contribution is 2.49. The summed E-state index contributed by atoms with van der Waals surface area (Å²) in [5.41, 5.74) is 7.16. The van der Waals surface area contributed by atoms with Crippen molar-refractivity contribution in [3.63, 3.8) is 0 Å². The number of ether oxygens (including phenoxy) is 2. The number of fused-ring (bicyclic) bond motifs is 1. The summed E-state index contributed by atoms with van der Waals surface area (Å²) >= 11 is 0. The molecule has 3 atom stereocenters. The van der Waals surface area contributed by atoms with Gasteiger partial charge in [0, 0.05) is 19.3 Å². The van der Waals surface area contributed by atoms with E-state index in [0.29, 0.717) is 12.2 Å². The fraction of sp³-hybridized carbons (Fsp3) is 0.474. The number of aromatic nitrogens is 2. The molecule has 3 heterocycles. The first kappa shape index (κ1) is 18.4. The molecular formula is C19H26N4O3. The highest BCUT2D eigenvalue weighted by Gasteiger charge is 2.63. The smallest absolute Gasteiger partial charge is 0.293 e. The van der Waals surface area contributed by atoms with E-state index in [-0.39, 0.29) is 17.4 Å². The number of hydrogen-bond donors (Lipinski definition) is 1. The number of carbonyl (C=O) groups excluding carboxylic acids is 1. The van der Waals surface area contributed by atoms with Gasteiger partial charge in [0.2, 0.25) is 0 Å². The maximum atomic E-state index is 9.60. The third-order valence-electron chi connectivity index (χ3n) is 4.39. The van der Waals surface area contributed by atoms with Crippen LogP contribution in [0.15, 0.2) is 42.7 Å². The lowest BCUT2D eigenvalue weighted by Gasteiger charge is -2.25. The van der Waals surface area contributed by atoms with Crippen LogP contribution in [0.4, 0.5) is 5.69 Å². The van der Waals surface area contributed by atoms with E-state index in [1.165, 1.54) is 5.56 Å². The topological polar surface area (TPSA) is 82.4 Å². The fourth-order valence-electron chi connectivity index (χ4n) is 3.21. The number of carbonyl (C=O) groups is 1. The third-order valence-corrected chi connectivity index (χ3v) is 4.39. The number of anilines is 1. The summed E-state index contributed by atoms with van der Waals surface area (Å²) < 4.78 is 12.5. The predicted molar refractivity (Wildman–Crippen MR) is 98.4 cm³/mol. The Morgan fingerprint density at radius 2 is 2.08 bits per heavy atom. The number of nitrogens with two attached hydrogens (primary N) is 1. The Morgan fingerprint density at radius 3 is 2.50 bits per heavy atom. The van der Waals surface area contributed by atoms with Gasteiger partial charge in [0.1, 0.15) is 11.6 Å². The molecule has 26 heavy (non-hydrogen) atoms. The van der Waals surface area contributed by atoms with Crippen LogP contribution in [-0.4, -0.2) is 52.2 Å². The lowest BCUT2D eigenvalue weighted by atomic mass is 10.0. The second-order valence-electron chi connectivity index (χ2n) is 7.51. The summed E-state index contributed by atoms with van der Waals surface area (Å²) in [6, 6.07) is 10.4. The Hall–Kier alpha value is -2.38. The average Bonchev–Trinajstić information content (AvgIpc) is 2.90. The van der Waals surface area contributed by atoms with Gasteiger partial charge in [-0.25, -0.2) is 0 Å². The number of benzene rings is 1. The van der Waals surface area contributed by atoms with Gasteiger partial charge in [0.05, 0.1) is 18.5 Å². The molecule has 4 rings (SSSR count). The summed E-state index contributed by atoms with van der Waals surface area (Å²) in [7, 11) is 0. The molecule has 2 unspecified atom stereocenters. The fourth-order valence-corrected chi connectivity index (χ4v) is 3.21. The van der Waals surface area contributed by atoms with Crippen LogP contribution < -0.4 is 5.73 Å². The third kappa shape index (κ3) is 3.89. The summed E-state index contributed by atoms with van der Waals surface area (Å²) in [6.07, 6.45) is 3.57. The van der Waals surface area contributed by atoms with Crippen LogP contribution in [0.3, 0.4) is 0 Å². The molecule has 2 aromatic rings. The van der Waals surface area contributed by atoms with Gasteiger partial charge < -0.3 is 15.2 Å². The first-order chi connectivity index (χ1) is 12.4. The van der Waals surface area contributed by atoms with E-state index in [4.69, 9.17) is 10.5 Å². The summed E-state index contributed by atoms with van der Waals surface area (Å²) in [5, 5.41) is 4.39. The molecule has 0 saturated carbocycles. The standard InChI is InChI=1S/C14H16N4O.C5H10O2/c15-12-8-16-18(9-12)13(11-4-2-1-3-5-11)14-10-17(14)6-7-19-14;1-5(2,3)7-4-6/h1-5,8-9,13H,6-7,10,15H2;4H,1-3H3/t13?,14-,17?;/m0./s1. The van der Waals surface area contributed by atoms with E-state index in [2.05, 4.69) is 26.9 Å². The van der Waals surface area contributed by atoms with Crippen molar-refractivity contribution < 1.29 is 14.3 Å². The van der Waals surface area contributed by atoms with E-state index >= 15 is 0 Å². The van der Waals surface area contributed by atoms with E-state index in [1.54, 1.807) is 6.20 Å². The number of nitrogen functional groups attached to an aromatic ring is 1. The first-order valence-electron chi connectivity index (χ1n) is 8.71. The largest absolute Gasteiger partial charge is 0.462 e. The first-order valence-corrected chi connectivity index (χ1v) is 8.71. The highest BCUT2D eigenvalue weighted by atomic mass is 16.6. The Kier molecular flexibility index (Phi) is 5.02. The molecule has 2 aliphatic rings. The number of rotatable bonds is 4. The molecule has 0 radical (unpaired) electrons. The number of morpholine rings is 1. The van der Waals surface area contributed by atoms with Gasteiger partial charge in [0.25, 0.3) is 6.47 Å². The zero-order valence-electron chi connectivity index (χ0n) is 15.5. The minimum atomic E-state index is -0.318. The molecule has 0 aliphatic carbocycles. The van der Waals surface area contributed by atoms with Crippen molar-refractivity contribution in [1.82, 2.24) is 14.7 Å².